The van der Waals surface area contributed by atoms with Crippen molar-refractivity contribution in [2.45, 2.75) is 45.1 Å². The van der Waals surface area contributed by atoms with Gasteiger partial charge in [-0.05, 0) is 31.6 Å². The van der Waals surface area contributed by atoms with E-state index in [1.54, 1.807) is 12.3 Å². The predicted octanol–water partition coefficient (Wildman–Crippen LogP) is 2.41. The Bertz CT molecular complexity index is 343. The summed E-state index contributed by atoms with van der Waals surface area (Å²) in [6.45, 7) is 2.22. The van der Waals surface area contributed by atoms with Gasteiger partial charge < -0.3 is 10.5 Å². The van der Waals surface area contributed by atoms with Gasteiger partial charge in [0.2, 0.25) is 11.8 Å². The summed E-state index contributed by atoms with van der Waals surface area (Å²) in [4.78, 5) is 7.94. The third-order valence-corrected chi connectivity index (χ3v) is 3.28. The fourth-order valence-corrected chi connectivity index (χ4v) is 2.37. The number of aromatic nitrogens is 2. The summed E-state index contributed by atoms with van der Waals surface area (Å²) in [5.74, 6) is 1.55. The van der Waals surface area contributed by atoms with Gasteiger partial charge in [-0.2, -0.15) is 4.98 Å². The normalized spacial score (nSPS) is 25.3. The molecule has 0 aromatic carbocycles. The van der Waals surface area contributed by atoms with Crippen molar-refractivity contribution in [3.05, 3.63) is 12.3 Å². The Kier molecular flexibility index (Phi) is 3.59. The molecule has 1 saturated carbocycles. The smallest absolute Gasteiger partial charge is 0.223 e. The Hall–Kier alpha value is -1.32. The van der Waals surface area contributed by atoms with E-state index in [0.29, 0.717) is 17.9 Å². The summed E-state index contributed by atoms with van der Waals surface area (Å²) in [5.41, 5.74) is 5.53. The molecule has 88 valence electrons. The van der Waals surface area contributed by atoms with Gasteiger partial charge in [0.25, 0.3) is 0 Å². The van der Waals surface area contributed by atoms with Crippen LogP contribution in [0.4, 0.5) is 5.95 Å². The molecule has 1 aliphatic rings. The van der Waals surface area contributed by atoms with Crippen molar-refractivity contribution in [2.24, 2.45) is 5.92 Å². The van der Waals surface area contributed by atoms with Crippen LogP contribution in [0.15, 0.2) is 12.3 Å². The van der Waals surface area contributed by atoms with Crippen molar-refractivity contribution in [3.8, 4) is 5.88 Å². The van der Waals surface area contributed by atoms with E-state index in [-0.39, 0.29) is 5.95 Å². The third-order valence-electron chi connectivity index (χ3n) is 3.28. The molecule has 2 rings (SSSR count). The Labute approximate surface area is 96.2 Å². The van der Waals surface area contributed by atoms with Crippen molar-refractivity contribution in [3.63, 3.8) is 0 Å². The maximum atomic E-state index is 5.91. The second kappa shape index (κ2) is 5.14. The van der Waals surface area contributed by atoms with Crippen molar-refractivity contribution >= 4 is 5.95 Å². The highest BCUT2D eigenvalue weighted by molar-refractivity contribution is 5.20. The van der Waals surface area contributed by atoms with E-state index in [1.807, 2.05) is 0 Å². The number of ether oxygens (including phenoxy) is 1. The van der Waals surface area contributed by atoms with Crippen LogP contribution >= 0.6 is 0 Å². The number of hydrogen-bond acceptors (Lipinski definition) is 4. The Morgan fingerprint density at radius 1 is 1.44 bits per heavy atom. The lowest BCUT2D eigenvalue weighted by molar-refractivity contribution is 0.0859. The SMILES string of the molecule is CCC1CCCCC1Oc1ccnc(N)n1. The molecule has 1 fully saturated rings. The summed E-state index contributed by atoms with van der Waals surface area (Å²) in [7, 11) is 0. The van der Waals surface area contributed by atoms with Gasteiger partial charge in [0.15, 0.2) is 0 Å². The Morgan fingerprint density at radius 2 is 2.25 bits per heavy atom. The zero-order chi connectivity index (χ0) is 11.4. The first-order valence-electron chi connectivity index (χ1n) is 6.04. The number of anilines is 1. The number of hydrogen-bond donors (Lipinski definition) is 1. The van der Waals surface area contributed by atoms with Crippen LogP contribution < -0.4 is 10.5 Å². The first-order valence-corrected chi connectivity index (χ1v) is 6.04. The molecule has 0 amide bonds. The molecule has 1 aromatic heterocycles. The third kappa shape index (κ3) is 2.62. The molecule has 0 saturated heterocycles. The molecule has 2 unspecified atom stereocenters. The molecule has 4 nitrogen and oxygen atoms in total. The largest absolute Gasteiger partial charge is 0.474 e. The average molecular weight is 221 g/mol. The van der Waals surface area contributed by atoms with Crippen molar-refractivity contribution in [1.29, 1.82) is 0 Å². The van der Waals surface area contributed by atoms with Crippen molar-refractivity contribution in [1.82, 2.24) is 9.97 Å². The molecule has 0 aliphatic heterocycles. The highest BCUT2D eigenvalue weighted by Gasteiger charge is 2.25. The minimum Gasteiger partial charge on any atom is -0.474 e. The lowest BCUT2D eigenvalue weighted by atomic mass is 9.85. The molecule has 0 spiro atoms. The molecule has 16 heavy (non-hydrogen) atoms. The zero-order valence-electron chi connectivity index (χ0n) is 9.72. The topological polar surface area (TPSA) is 61.0 Å². The van der Waals surface area contributed by atoms with Crippen LogP contribution in [0.25, 0.3) is 0 Å². The maximum Gasteiger partial charge on any atom is 0.223 e. The summed E-state index contributed by atoms with van der Waals surface area (Å²) in [6, 6.07) is 1.78. The quantitative estimate of drug-likeness (QED) is 0.851. The molecule has 0 radical (unpaired) electrons. The van der Waals surface area contributed by atoms with E-state index in [1.165, 1.54) is 25.7 Å². The van der Waals surface area contributed by atoms with Gasteiger partial charge >= 0.3 is 0 Å². The van der Waals surface area contributed by atoms with Crippen LogP contribution in [-0.4, -0.2) is 16.1 Å². The standard InChI is InChI=1S/C12H19N3O/c1-2-9-5-3-4-6-10(9)16-11-7-8-14-12(13)15-11/h7-10H,2-6H2,1H3,(H2,13,14,15). The minimum absolute atomic E-state index is 0.279. The molecule has 1 heterocycles. The average Bonchev–Trinajstić information content (AvgIpc) is 2.30. The number of nitrogens with zero attached hydrogens (tertiary/aromatic N) is 2. The van der Waals surface area contributed by atoms with E-state index < -0.39 is 0 Å². The summed E-state index contributed by atoms with van der Waals surface area (Å²) in [5, 5.41) is 0. The molecule has 0 bridgehead atoms. The second-order valence-corrected chi connectivity index (χ2v) is 4.36. The van der Waals surface area contributed by atoms with Crippen LogP contribution in [0.2, 0.25) is 0 Å². The van der Waals surface area contributed by atoms with Gasteiger partial charge in [-0.1, -0.05) is 13.3 Å². The van der Waals surface area contributed by atoms with Gasteiger partial charge in [0, 0.05) is 12.3 Å². The zero-order valence-corrected chi connectivity index (χ0v) is 9.72. The molecular weight excluding hydrogens is 202 g/mol. The molecular formula is C12H19N3O. The molecule has 2 N–H and O–H groups in total. The predicted molar refractivity (Wildman–Crippen MR) is 63.1 cm³/mol. The van der Waals surface area contributed by atoms with E-state index in [2.05, 4.69) is 16.9 Å². The van der Waals surface area contributed by atoms with Gasteiger partial charge in [-0.3, -0.25) is 0 Å². The second-order valence-electron chi connectivity index (χ2n) is 4.36. The van der Waals surface area contributed by atoms with Crippen LogP contribution in [0, 0.1) is 5.92 Å². The molecule has 1 aliphatic carbocycles. The van der Waals surface area contributed by atoms with E-state index in [4.69, 9.17) is 10.5 Å². The highest BCUT2D eigenvalue weighted by Crippen LogP contribution is 2.29. The molecule has 2 atom stereocenters. The summed E-state index contributed by atoms with van der Waals surface area (Å²) < 4.78 is 5.91. The number of nitrogens with two attached hydrogens (primary N) is 1. The molecule has 1 aromatic rings. The maximum absolute atomic E-state index is 5.91. The number of rotatable bonds is 3. The van der Waals surface area contributed by atoms with Crippen molar-refractivity contribution in [2.75, 3.05) is 5.73 Å². The van der Waals surface area contributed by atoms with Crippen LogP contribution in [0.1, 0.15) is 39.0 Å². The Morgan fingerprint density at radius 3 is 3.00 bits per heavy atom. The van der Waals surface area contributed by atoms with Gasteiger partial charge in [0.05, 0.1) is 0 Å². The fourth-order valence-electron chi connectivity index (χ4n) is 2.37. The minimum atomic E-state index is 0.279. The summed E-state index contributed by atoms with van der Waals surface area (Å²) in [6.07, 6.45) is 8.08. The van der Waals surface area contributed by atoms with Gasteiger partial charge in [0.1, 0.15) is 6.10 Å². The lowest BCUT2D eigenvalue weighted by Crippen LogP contribution is -2.30. The van der Waals surface area contributed by atoms with E-state index in [0.717, 1.165) is 6.42 Å². The van der Waals surface area contributed by atoms with Gasteiger partial charge in [-0.15, -0.1) is 0 Å². The number of nitrogen functional groups attached to an aromatic ring is 1. The lowest BCUT2D eigenvalue weighted by Gasteiger charge is -2.30. The summed E-state index contributed by atoms with van der Waals surface area (Å²) >= 11 is 0. The molecule has 4 heteroatoms. The van der Waals surface area contributed by atoms with Crippen LogP contribution in [0.5, 0.6) is 5.88 Å². The van der Waals surface area contributed by atoms with E-state index in [9.17, 15) is 0 Å². The van der Waals surface area contributed by atoms with Crippen LogP contribution in [-0.2, 0) is 0 Å². The monoisotopic (exact) mass is 221 g/mol. The first-order chi connectivity index (χ1) is 7.79. The first kappa shape index (κ1) is 11.2. The van der Waals surface area contributed by atoms with Crippen LogP contribution in [0.3, 0.4) is 0 Å². The fraction of sp³-hybridized carbons (Fsp3) is 0.667. The highest BCUT2D eigenvalue weighted by atomic mass is 16.5. The Balaban J connectivity index is 2.02. The van der Waals surface area contributed by atoms with Crippen molar-refractivity contribution < 1.29 is 4.74 Å². The van der Waals surface area contributed by atoms with E-state index >= 15 is 0 Å². The van der Waals surface area contributed by atoms with Gasteiger partial charge in [-0.25, -0.2) is 4.98 Å².